The average Bonchev–Trinajstić information content (AvgIpc) is 3.51. The minimum absolute atomic E-state index is 0.0447. The first-order valence-electron chi connectivity index (χ1n) is 18.0. The Bertz CT molecular complexity index is 1880. The first-order chi connectivity index (χ1) is 25.9. The van der Waals surface area contributed by atoms with E-state index in [0.717, 1.165) is 38.9 Å². The zero-order chi connectivity index (χ0) is 37.0. The van der Waals surface area contributed by atoms with Crippen molar-refractivity contribution >= 4 is 23.9 Å². The Morgan fingerprint density at radius 2 is 1.13 bits per heavy atom. The van der Waals surface area contributed by atoms with Crippen molar-refractivity contribution in [3.63, 3.8) is 0 Å². The number of carbonyl (C=O) groups is 4. The van der Waals surface area contributed by atoms with Gasteiger partial charge in [0.05, 0.1) is 6.42 Å². The monoisotopic (exact) mass is 709 g/mol. The predicted molar refractivity (Wildman–Crippen MR) is 203 cm³/mol. The highest BCUT2D eigenvalue weighted by Gasteiger charge is 2.39. The fourth-order valence-electron chi connectivity index (χ4n) is 7.13. The minimum atomic E-state index is -1.26. The number of hydrogen-bond donors (Lipinski definition) is 4. The number of alkyl carbamates (subject to hydrolysis) is 1. The number of unbranched alkanes of at least 4 members (excludes halogenated alkanes) is 2. The lowest BCUT2D eigenvalue weighted by atomic mass is 9.77. The van der Waals surface area contributed by atoms with E-state index in [0.29, 0.717) is 19.3 Å². The number of hydrogen-bond acceptors (Lipinski definition) is 5. The van der Waals surface area contributed by atoms with E-state index in [-0.39, 0.29) is 31.9 Å². The van der Waals surface area contributed by atoms with Crippen LogP contribution in [0.3, 0.4) is 0 Å². The second kappa shape index (κ2) is 17.3. The van der Waals surface area contributed by atoms with Crippen molar-refractivity contribution in [2.75, 3.05) is 13.2 Å². The van der Waals surface area contributed by atoms with Gasteiger partial charge in [0.2, 0.25) is 11.8 Å². The number of fused-ring (bicyclic) bond motifs is 3. The Morgan fingerprint density at radius 3 is 1.64 bits per heavy atom. The number of rotatable bonds is 16. The van der Waals surface area contributed by atoms with Gasteiger partial charge in [-0.2, -0.15) is 0 Å². The normalized spacial score (nSPS) is 12.5. The molecule has 0 saturated carbocycles. The van der Waals surface area contributed by atoms with Crippen LogP contribution in [0.4, 0.5) is 4.79 Å². The van der Waals surface area contributed by atoms with E-state index < -0.39 is 35.5 Å². The van der Waals surface area contributed by atoms with Crippen LogP contribution in [0, 0.1) is 0 Å². The second-order valence-electron chi connectivity index (χ2n) is 13.1. The highest BCUT2D eigenvalue weighted by atomic mass is 16.5. The summed E-state index contributed by atoms with van der Waals surface area (Å²) in [6.45, 7) is 0.300. The summed E-state index contributed by atoms with van der Waals surface area (Å²) in [7, 11) is 0. The maximum absolute atomic E-state index is 14.3. The Kier molecular flexibility index (Phi) is 12.0. The van der Waals surface area contributed by atoms with Gasteiger partial charge in [0.1, 0.15) is 18.2 Å². The molecule has 0 saturated heterocycles. The Balaban J connectivity index is 1.22. The Labute approximate surface area is 309 Å². The van der Waals surface area contributed by atoms with Crippen molar-refractivity contribution in [2.24, 2.45) is 0 Å². The predicted octanol–water partition coefficient (Wildman–Crippen LogP) is 7.15. The van der Waals surface area contributed by atoms with Crippen molar-refractivity contribution < 1.29 is 29.0 Å². The molecule has 0 spiro atoms. The molecule has 9 nitrogen and oxygen atoms in total. The molecule has 53 heavy (non-hydrogen) atoms. The highest BCUT2D eigenvalue weighted by molar-refractivity contribution is 5.91. The van der Waals surface area contributed by atoms with Crippen LogP contribution in [-0.4, -0.2) is 48.2 Å². The van der Waals surface area contributed by atoms with Crippen LogP contribution in [0.25, 0.3) is 11.1 Å². The van der Waals surface area contributed by atoms with Gasteiger partial charge in [-0.25, -0.2) is 4.79 Å². The number of benzene rings is 5. The summed E-state index contributed by atoms with van der Waals surface area (Å²) in [4.78, 5) is 52.3. The molecule has 9 heteroatoms. The summed E-state index contributed by atoms with van der Waals surface area (Å²) in [5.74, 6) is -2.07. The van der Waals surface area contributed by atoms with Crippen molar-refractivity contribution in [3.8, 4) is 11.1 Å². The summed E-state index contributed by atoms with van der Waals surface area (Å²) in [6.07, 6.45) is 0.486. The summed E-state index contributed by atoms with van der Waals surface area (Å²) in [5.41, 5.74) is 5.62. The van der Waals surface area contributed by atoms with Crippen LogP contribution in [0.15, 0.2) is 140 Å². The third-order valence-electron chi connectivity index (χ3n) is 9.66. The van der Waals surface area contributed by atoms with Gasteiger partial charge >= 0.3 is 12.1 Å². The molecule has 0 bridgehead atoms. The molecule has 1 aliphatic rings. The molecule has 5 aromatic rings. The van der Waals surface area contributed by atoms with Gasteiger partial charge in [0, 0.05) is 18.9 Å². The molecule has 4 N–H and O–H groups in total. The topological polar surface area (TPSA) is 134 Å². The van der Waals surface area contributed by atoms with Crippen molar-refractivity contribution in [3.05, 3.63) is 167 Å². The quantitative estimate of drug-likeness (QED) is 0.0635. The molecule has 3 amide bonds. The maximum Gasteiger partial charge on any atom is 0.407 e. The van der Waals surface area contributed by atoms with E-state index in [1.165, 1.54) is 0 Å². The molecule has 0 radical (unpaired) electrons. The van der Waals surface area contributed by atoms with Crippen LogP contribution < -0.4 is 16.0 Å². The number of aliphatic carboxylic acids is 1. The summed E-state index contributed by atoms with van der Waals surface area (Å²) >= 11 is 0. The first-order valence-corrected chi connectivity index (χ1v) is 18.0. The number of carbonyl (C=O) groups excluding carboxylic acids is 3. The van der Waals surface area contributed by atoms with Crippen molar-refractivity contribution in [1.82, 2.24) is 16.0 Å². The number of carboxylic acids is 1. The first kappa shape index (κ1) is 36.6. The van der Waals surface area contributed by atoms with Gasteiger partial charge in [0.25, 0.3) is 0 Å². The van der Waals surface area contributed by atoms with Crippen molar-refractivity contribution in [2.45, 2.75) is 49.6 Å². The van der Waals surface area contributed by atoms with E-state index in [1.807, 2.05) is 127 Å². The number of nitrogens with one attached hydrogen (secondary N) is 3. The molecule has 0 fully saturated rings. The molecule has 5 aromatic carbocycles. The standard InChI is InChI=1S/C44H43N3O6/c48-40(47-44(31-17-5-1-6-18-31,32-19-7-2-8-20-32)33-21-9-3-10-22-33)29-39(42(51)45-28-16-4-11-27-41(49)50)46-43(52)53-30-38-36-25-14-12-23-34(36)35-24-13-15-26-37(35)38/h1-3,5-10,12-15,17-26,38-39H,4,11,16,27-30H2,(H,45,51)(H,46,52)(H,47,48)(H,49,50)/t39-/m0/s1. The van der Waals surface area contributed by atoms with E-state index in [9.17, 15) is 19.2 Å². The van der Waals surface area contributed by atoms with Crippen LogP contribution >= 0.6 is 0 Å². The fourth-order valence-corrected chi connectivity index (χ4v) is 7.13. The average molecular weight is 710 g/mol. The second-order valence-corrected chi connectivity index (χ2v) is 13.1. The van der Waals surface area contributed by atoms with E-state index in [2.05, 4.69) is 28.1 Å². The molecule has 0 unspecified atom stereocenters. The largest absolute Gasteiger partial charge is 0.481 e. The molecule has 270 valence electrons. The van der Waals surface area contributed by atoms with E-state index >= 15 is 0 Å². The van der Waals surface area contributed by atoms with Gasteiger partial charge in [-0.1, -0.05) is 146 Å². The molecule has 0 aliphatic heterocycles. The smallest absolute Gasteiger partial charge is 0.407 e. The lowest BCUT2D eigenvalue weighted by Crippen LogP contribution is -2.53. The molecular weight excluding hydrogens is 666 g/mol. The lowest BCUT2D eigenvalue weighted by Gasteiger charge is -2.37. The summed E-state index contributed by atoms with van der Waals surface area (Å²) in [6, 6.07) is 43.6. The minimum Gasteiger partial charge on any atom is -0.481 e. The SMILES string of the molecule is O=C(O)CCCCCNC(=O)[C@H](CC(=O)NC(c1ccccc1)(c1ccccc1)c1ccccc1)NC(=O)OCC1c2ccccc2-c2ccccc21. The van der Waals surface area contributed by atoms with Crippen LogP contribution in [0.2, 0.25) is 0 Å². The van der Waals surface area contributed by atoms with Crippen LogP contribution in [-0.2, 0) is 24.7 Å². The van der Waals surface area contributed by atoms with Gasteiger partial charge in [-0.3, -0.25) is 14.4 Å². The third kappa shape index (κ3) is 8.64. The van der Waals surface area contributed by atoms with Crippen LogP contribution in [0.5, 0.6) is 0 Å². The molecule has 1 aliphatic carbocycles. The Morgan fingerprint density at radius 1 is 0.642 bits per heavy atom. The number of amides is 3. The Hall–Kier alpha value is -6.22. The molecule has 0 heterocycles. The molecular formula is C44H43N3O6. The summed E-state index contributed by atoms with van der Waals surface area (Å²) in [5, 5.41) is 17.7. The van der Waals surface area contributed by atoms with Gasteiger partial charge in [0.15, 0.2) is 0 Å². The number of carboxylic acid groups (broad SMARTS) is 1. The summed E-state index contributed by atoms with van der Waals surface area (Å²) < 4.78 is 5.77. The van der Waals surface area contributed by atoms with Crippen LogP contribution in [0.1, 0.15) is 65.8 Å². The van der Waals surface area contributed by atoms with Gasteiger partial charge < -0.3 is 25.8 Å². The van der Waals surface area contributed by atoms with Gasteiger partial charge in [-0.15, -0.1) is 0 Å². The maximum atomic E-state index is 14.3. The fraction of sp³-hybridized carbons (Fsp3) is 0.227. The number of ether oxygens (including phenoxy) is 1. The zero-order valence-electron chi connectivity index (χ0n) is 29.4. The third-order valence-corrected chi connectivity index (χ3v) is 9.66. The van der Waals surface area contributed by atoms with E-state index in [4.69, 9.17) is 9.84 Å². The lowest BCUT2D eigenvalue weighted by molar-refractivity contribution is -0.137. The van der Waals surface area contributed by atoms with E-state index in [1.54, 1.807) is 0 Å². The van der Waals surface area contributed by atoms with Crippen molar-refractivity contribution in [1.29, 1.82) is 0 Å². The van der Waals surface area contributed by atoms with Gasteiger partial charge in [-0.05, 0) is 51.8 Å². The highest BCUT2D eigenvalue weighted by Crippen LogP contribution is 2.44. The molecule has 1 atom stereocenters. The zero-order valence-corrected chi connectivity index (χ0v) is 29.4. The molecule has 6 rings (SSSR count). The molecule has 0 aromatic heterocycles.